The molecule has 4 N–H and O–H groups in total. The molecule has 1 amide bonds. The molecule has 5 heteroatoms. The topological polar surface area (TPSA) is 92.4 Å². The summed E-state index contributed by atoms with van der Waals surface area (Å²) < 4.78 is 0. The predicted octanol–water partition coefficient (Wildman–Crippen LogP) is 2.07. The smallest absolute Gasteiger partial charge is 0.336 e. The van der Waals surface area contributed by atoms with Crippen LogP contribution in [0.25, 0.3) is 0 Å². The van der Waals surface area contributed by atoms with Gasteiger partial charge in [-0.25, -0.2) is 4.79 Å². The zero-order valence-electron chi connectivity index (χ0n) is 11.3. The van der Waals surface area contributed by atoms with E-state index in [-0.39, 0.29) is 11.5 Å². The molecule has 0 radical (unpaired) electrons. The Balaban J connectivity index is 2.79. The first kappa shape index (κ1) is 15.2. The molecule has 0 aliphatic heterocycles. The van der Waals surface area contributed by atoms with Gasteiger partial charge in [-0.3, -0.25) is 4.79 Å². The molecule has 0 aromatic heterocycles. The maximum Gasteiger partial charge on any atom is 0.336 e. The molecule has 0 spiro atoms. The lowest BCUT2D eigenvalue weighted by molar-refractivity contribution is -0.116. The third kappa shape index (κ3) is 4.37. The van der Waals surface area contributed by atoms with Crippen molar-refractivity contribution in [3.8, 4) is 0 Å². The molecule has 0 saturated heterocycles. The minimum absolute atomic E-state index is 0.118. The van der Waals surface area contributed by atoms with Gasteiger partial charge in [0, 0.05) is 12.1 Å². The number of nitrogens with two attached hydrogens (primary N) is 1. The van der Waals surface area contributed by atoms with Crippen molar-refractivity contribution in [2.24, 2.45) is 5.73 Å². The first-order chi connectivity index (χ1) is 8.95. The van der Waals surface area contributed by atoms with E-state index in [2.05, 4.69) is 5.32 Å². The number of aromatic carboxylic acids is 1. The molecule has 1 aromatic carbocycles. The second-order valence-corrected chi connectivity index (χ2v) is 4.56. The third-order valence-corrected chi connectivity index (χ3v) is 3.04. The van der Waals surface area contributed by atoms with Crippen molar-refractivity contribution >= 4 is 17.6 Å². The van der Waals surface area contributed by atoms with Crippen molar-refractivity contribution in [1.82, 2.24) is 0 Å². The van der Waals surface area contributed by atoms with E-state index in [0.717, 1.165) is 18.4 Å². The first-order valence-corrected chi connectivity index (χ1v) is 6.30. The summed E-state index contributed by atoms with van der Waals surface area (Å²) in [6.07, 6.45) is 1.94. The maximum atomic E-state index is 11.7. The molecule has 0 atom stereocenters. The standard InChI is InChI=1S/C14H20N2O3/c1-9-7-11(8-12(10(9)2)14(18)19)16-13(17)5-3-4-6-15/h7-8H,3-6,15H2,1-2H3,(H,16,17)(H,18,19). The number of carbonyl (C=O) groups excluding carboxylic acids is 1. The Bertz CT molecular complexity index is 484. The zero-order valence-corrected chi connectivity index (χ0v) is 11.3. The SMILES string of the molecule is Cc1cc(NC(=O)CCCCN)cc(C(=O)O)c1C. The van der Waals surface area contributed by atoms with Crippen molar-refractivity contribution in [2.45, 2.75) is 33.1 Å². The molecule has 0 aliphatic carbocycles. The van der Waals surface area contributed by atoms with Gasteiger partial charge in [0.1, 0.15) is 0 Å². The monoisotopic (exact) mass is 264 g/mol. The second kappa shape index (κ2) is 6.89. The van der Waals surface area contributed by atoms with Crippen molar-refractivity contribution in [1.29, 1.82) is 0 Å². The molecule has 5 nitrogen and oxygen atoms in total. The van der Waals surface area contributed by atoms with Crippen LogP contribution in [0, 0.1) is 13.8 Å². The number of carboxylic acids is 1. The average molecular weight is 264 g/mol. The molecular weight excluding hydrogens is 244 g/mol. The van der Waals surface area contributed by atoms with Gasteiger partial charge in [0.15, 0.2) is 0 Å². The van der Waals surface area contributed by atoms with E-state index in [9.17, 15) is 9.59 Å². The highest BCUT2D eigenvalue weighted by Crippen LogP contribution is 2.20. The largest absolute Gasteiger partial charge is 0.478 e. The van der Waals surface area contributed by atoms with Crippen LogP contribution in [-0.2, 0) is 4.79 Å². The van der Waals surface area contributed by atoms with Crippen LogP contribution < -0.4 is 11.1 Å². The number of carboxylic acid groups (broad SMARTS) is 1. The fourth-order valence-corrected chi connectivity index (χ4v) is 1.81. The van der Waals surface area contributed by atoms with Crippen LogP contribution >= 0.6 is 0 Å². The molecule has 0 fully saturated rings. The summed E-state index contributed by atoms with van der Waals surface area (Å²) in [6.45, 7) is 4.15. The second-order valence-electron chi connectivity index (χ2n) is 4.56. The Labute approximate surface area is 112 Å². The highest BCUT2D eigenvalue weighted by Gasteiger charge is 2.12. The van der Waals surface area contributed by atoms with E-state index in [1.54, 1.807) is 13.0 Å². The minimum Gasteiger partial charge on any atom is -0.478 e. The van der Waals surface area contributed by atoms with E-state index in [1.165, 1.54) is 6.07 Å². The number of aryl methyl sites for hydroxylation is 1. The van der Waals surface area contributed by atoms with Crippen molar-refractivity contribution in [3.05, 3.63) is 28.8 Å². The Hall–Kier alpha value is -1.88. The van der Waals surface area contributed by atoms with Crippen LogP contribution in [0.2, 0.25) is 0 Å². The Kier molecular flexibility index (Phi) is 5.51. The molecule has 0 saturated carbocycles. The summed E-state index contributed by atoms with van der Waals surface area (Å²) in [4.78, 5) is 22.8. The highest BCUT2D eigenvalue weighted by atomic mass is 16.4. The molecule has 0 unspecified atom stereocenters. The lowest BCUT2D eigenvalue weighted by Crippen LogP contribution is -2.13. The predicted molar refractivity (Wildman–Crippen MR) is 74.4 cm³/mol. The molecule has 104 valence electrons. The Morgan fingerprint density at radius 3 is 2.53 bits per heavy atom. The van der Waals surface area contributed by atoms with Gasteiger partial charge >= 0.3 is 5.97 Å². The van der Waals surface area contributed by atoms with Gasteiger partial charge < -0.3 is 16.2 Å². The van der Waals surface area contributed by atoms with Crippen molar-refractivity contribution < 1.29 is 14.7 Å². The molecule has 1 aromatic rings. The molecule has 0 heterocycles. The summed E-state index contributed by atoms with van der Waals surface area (Å²) in [6, 6.07) is 3.27. The summed E-state index contributed by atoms with van der Waals surface area (Å²) in [5.74, 6) is -1.10. The molecule has 1 rings (SSSR count). The lowest BCUT2D eigenvalue weighted by atomic mass is 10.0. The number of unbranched alkanes of at least 4 members (excludes halogenated alkanes) is 1. The summed E-state index contributed by atoms with van der Waals surface area (Å²) in [5.41, 5.74) is 7.67. The normalized spacial score (nSPS) is 10.3. The lowest BCUT2D eigenvalue weighted by Gasteiger charge is -2.10. The van der Waals surface area contributed by atoms with Crippen LogP contribution in [0.1, 0.15) is 40.7 Å². The maximum absolute atomic E-state index is 11.7. The van der Waals surface area contributed by atoms with Gasteiger partial charge in [0.05, 0.1) is 5.56 Å². The van der Waals surface area contributed by atoms with Gasteiger partial charge in [-0.1, -0.05) is 0 Å². The molecule has 0 bridgehead atoms. The fourth-order valence-electron chi connectivity index (χ4n) is 1.81. The number of benzene rings is 1. The van der Waals surface area contributed by atoms with Gasteiger partial charge in [0.25, 0.3) is 0 Å². The highest BCUT2D eigenvalue weighted by molar-refractivity contribution is 5.95. The van der Waals surface area contributed by atoms with Crippen molar-refractivity contribution in [2.75, 3.05) is 11.9 Å². The van der Waals surface area contributed by atoms with E-state index < -0.39 is 5.97 Å². The van der Waals surface area contributed by atoms with Crippen LogP contribution in [0.3, 0.4) is 0 Å². The molecular formula is C14H20N2O3. The van der Waals surface area contributed by atoms with Gasteiger partial charge in [-0.15, -0.1) is 0 Å². The zero-order chi connectivity index (χ0) is 14.4. The number of rotatable bonds is 6. The number of anilines is 1. The van der Waals surface area contributed by atoms with Crippen LogP contribution in [0.4, 0.5) is 5.69 Å². The summed E-state index contributed by atoms with van der Waals surface area (Å²) in [7, 11) is 0. The van der Waals surface area contributed by atoms with Crippen LogP contribution in [0.15, 0.2) is 12.1 Å². The Morgan fingerprint density at radius 2 is 1.95 bits per heavy atom. The van der Waals surface area contributed by atoms with Gasteiger partial charge in [0.2, 0.25) is 5.91 Å². The third-order valence-electron chi connectivity index (χ3n) is 3.04. The quantitative estimate of drug-likeness (QED) is 0.686. The Morgan fingerprint density at radius 1 is 1.26 bits per heavy atom. The molecule has 0 aliphatic rings. The number of hydrogen-bond donors (Lipinski definition) is 3. The number of carbonyl (C=O) groups is 2. The van der Waals surface area contributed by atoms with E-state index in [0.29, 0.717) is 24.2 Å². The van der Waals surface area contributed by atoms with E-state index >= 15 is 0 Å². The minimum atomic E-state index is -0.986. The number of hydrogen-bond acceptors (Lipinski definition) is 3. The van der Waals surface area contributed by atoms with E-state index in [1.807, 2.05) is 6.92 Å². The van der Waals surface area contributed by atoms with Gasteiger partial charge in [-0.2, -0.15) is 0 Å². The average Bonchev–Trinajstić information content (AvgIpc) is 2.33. The van der Waals surface area contributed by atoms with E-state index in [4.69, 9.17) is 10.8 Å². The summed E-state index contributed by atoms with van der Waals surface area (Å²) >= 11 is 0. The van der Waals surface area contributed by atoms with Crippen molar-refractivity contribution in [3.63, 3.8) is 0 Å². The summed E-state index contributed by atoms with van der Waals surface area (Å²) in [5, 5.41) is 11.8. The fraction of sp³-hybridized carbons (Fsp3) is 0.429. The van der Waals surface area contributed by atoms with Gasteiger partial charge in [-0.05, 0) is 56.5 Å². The van der Waals surface area contributed by atoms with Crippen LogP contribution in [0.5, 0.6) is 0 Å². The number of amides is 1. The number of nitrogens with one attached hydrogen (secondary N) is 1. The molecule has 19 heavy (non-hydrogen) atoms. The van der Waals surface area contributed by atoms with Crippen LogP contribution in [-0.4, -0.2) is 23.5 Å². The first-order valence-electron chi connectivity index (χ1n) is 6.30.